The third-order valence-electron chi connectivity index (χ3n) is 4.71. The molecule has 1 aliphatic heterocycles. The smallest absolute Gasteiger partial charge is 0.244 e. The zero-order valence-corrected chi connectivity index (χ0v) is 12.1. The Morgan fingerprint density at radius 3 is 2.81 bits per heavy atom. The fourth-order valence-corrected chi connectivity index (χ4v) is 3.70. The lowest BCUT2D eigenvalue weighted by molar-refractivity contribution is 0.153. The van der Waals surface area contributed by atoms with Crippen molar-refractivity contribution >= 4 is 0 Å². The van der Waals surface area contributed by atoms with E-state index in [0.717, 1.165) is 24.6 Å². The highest BCUT2D eigenvalue weighted by Gasteiger charge is 2.36. The number of nitrogens with zero attached hydrogens (tertiary/aromatic N) is 4. The predicted molar refractivity (Wildman–Crippen MR) is 78.5 cm³/mol. The Morgan fingerprint density at radius 1 is 1.10 bits per heavy atom. The monoisotopic (exact) mass is 284 g/mol. The van der Waals surface area contributed by atoms with Crippen LogP contribution in [-0.2, 0) is 0 Å². The Morgan fingerprint density at radius 2 is 2.00 bits per heavy atom. The summed E-state index contributed by atoms with van der Waals surface area (Å²) in [4.78, 5) is 11.5. The van der Waals surface area contributed by atoms with Gasteiger partial charge >= 0.3 is 0 Å². The van der Waals surface area contributed by atoms with Crippen molar-refractivity contribution in [3.63, 3.8) is 0 Å². The first-order valence-corrected chi connectivity index (χ1v) is 7.92. The molecule has 5 nitrogen and oxygen atoms in total. The third-order valence-corrected chi connectivity index (χ3v) is 4.71. The quantitative estimate of drug-likeness (QED) is 0.866. The second-order valence-corrected chi connectivity index (χ2v) is 6.01. The first-order chi connectivity index (χ1) is 10.4. The zero-order chi connectivity index (χ0) is 14.1. The van der Waals surface area contributed by atoms with Crippen LogP contribution in [0.25, 0.3) is 11.5 Å². The molecule has 1 aliphatic carbocycles. The van der Waals surface area contributed by atoms with Gasteiger partial charge in [0, 0.05) is 12.2 Å². The van der Waals surface area contributed by atoms with Crippen LogP contribution in [0.3, 0.4) is 0 Å². The van der Waals surface area contributed by atoms with Gasteiger partial charge in [-0.25, -0.2) is 0 Å². The molecule has 0 bridgehead atoms. The van der Waals surface area contributed by atoms with E-state index in [9.17, 15) is 0 Å². The number of likely N-dealkylation sites (tertiary alicyclic amines) is 1. The largest absolute Gasteiger partial charge is 0.337 e. The second-order valence-electron chi connectivity index (χ2n) is 6.01. The van der Waals surface area contributed by atoms with Crippen molar-refractivity contribution < 1.29 is 4.52 Å². The van der Waals surface area contributed by atoms with Crippen LogP contribution in [0.5, 0.6) is 0 Å². The summed E-state index contributed by atoms with van der Waals surface area (Å²) in [5.41, 5.74) is 0.776. The summed E-state index contributed by atoms with van der Waals surface area (Å²) in [5.74, 6) is 1.36. The molecule has 1 unspecified atom stereocenters. The highest BCUT2D eigenvalue weighted by atomic mass is 16.5. The Hall–Kier alpha value is -1.75. The van der Waals surface area contributed by atoms with Crippen molar-refractivity contribution in [1.82, 2.24) is 20.0 Å². The first kappa shape index (κ1) is 13.0. The van der Waals surface area contributed by atoms with Crippen LogP contribution >= 0.6 is 0 Å². The molecular formula is C16H20N4O. The van der Waals surface area contributed by atoms with Crippen molar-refractivity contribution in [3.05, 3.63) is 30.3 Å². The topological polar surface area (TPSA) is 55.1 Å². The highest BCUT2D eigenvalue weighted by molar-refractivity contribution is 5.47. The summed E-state index contributed by atoms with van der Waals surface area (Å²) < 4.78 is 5.55. The number of aromatic nitrogens is 3. The molecule has 2 fully saturated rings. The summed E-state index contributed by atoms with van der Waals surface area (Å²) >= 11 is 0. The Bertz CT molecular complexity index is 591. The number of pyridine rings is 1. The van der Waals surface area contributed by atoms with Gasteiger partial charge in [-0.2, -0.15) is 4.98 Å². The van der Waals surface area contributed by atoms with Crippen molar-refractivity contribution in [3.8, 4) is 11.5 Å². The van der Waals surface area contributed by atoms with Crippen LogP contribution in [0, 0.1) is 0 Å². The maximum Gasteiger partial charge on any atom is 0.244 e. The van der Waals surface area contributed by atoms with Gasteiger partial charge in [0.1, 0.15) is 5.69 Å². The molecule has 5 heteroatoms. The lowest BCUT2D eigenvalue weighted by Crippen LogP contribution is -2.32. The molecule has 0 radical (unpaired) electrons. The molecule has 0 spiro atoms. The van der Waals surface area contributed by atoms with Gasteiger partial charge in [-0.3, -0.25) is 9.88 Å². The van der Waals surface area contributed by atoms with Crippen molar-refractivity contribution in [2.75, 3.05) is 6.54 Å². The van der Waals surface area contributed by atoms with Gasteiger partial charge in [0.15, 0.2) is 0 Å². The normalized spacial score (nSPS) is 23.9. The molecule has 0 aromatic carbocycles. The van der Waals surface area contributed by atoms with Gasteiger partial charge < -0.3 is 4.52 Å². The minimum Gasteiger partial charge on any atom is -0.337 e. The molecule has 4 rings (SSSR count). The molecule has 21 heavy (non-hydrogen) atoms. The SMILES string of the molecule is c1ccc(-c2noc(C3CCCN3C3CCCC3)n2)nc1. The van der Waals surface area contributed by atoms with E-state index in [2.05, 4.69) is 20.0 Å². The standard InChI is InChI=1S/C16H20N4O/c1-2-7-12(6-1)20-11-5-9-14(20)16-18-15(19-21-16)13-8-3-4-10-17-13/h3-4,8,10,12,14H,1-2,5-7,9,11H2. The molecule has 1 saturated heterocycles. The molecule has 2 aromatic rings. The molecule has 110 valence electrons. The molecule has 3 heterocycles. The lowest BCUT2D eigenvalue weighted by Gasteiger charge is -2.28. The molecule has 1 atom stereocenters. The van der Waals surface area contributed by atoms with E-state index in [4.69, 9.17) is 4.52 Å². The fourth-order valence-electron chi connectivity index (χ4n) is 3.70. The minimum atomic E-state index is 0.304. The van der Waals surface area contributed by atoms with E-state index in [0.29, 0.717) is 17.9 Å². The number of rotatable bonds is 3. The Labute approximate surface area is 124 Å². The fraction of sp³-hybridized carbons (Fsp3) is 0.562. The zero-order valence-electron chi connectivity index (χ0n) is 12.1. The molecule has 0 N–H and O–H groups in total. The van der Waals surface area contributed by atoms with Crippen molar-refractivity contribution in [1.29, 1.82) is 0 Å². The molecule has 2 aromatic heterocycles. The maximum atomic E-state index is 5.55. The summed E-state index contributed by atoms with van der Waals surface area (Å²) in [7, 11) is 0. The van der Waals surface area contributed by atoms with Gasteiger partial charge in [0.05, 0.1) is 6.04 Å². The second kappa shape index (κ2) is 5.56. The van der Waals surface area contributed by atoms with Crippen LogP contribution in [0.1, 0.15) is 50.5 Å². The van der Waals surface area contributed by atoms with E-state index in [1.165, 1.54) is 32.1 Å². The van der Waals surface area contributed by atoms with Crippen LogP contribution < -0.4 is 0 Å². The molecule has 2 aliphatic rings. The summed E-state index contributed by atoms with van der Waals surface area (Å²) in [6.07, 6.45) is 9.46. The predicted octanol–water partition coefficient (Wildman–Crippen LogP) is 3.21. The van der Waals surface area contributed by atoms with E-state index in [1.807, 2.05) is 18.2 Å². The van der Waals surface area contributed by atoms with Crippen molar-refractivity contribution in [2.24, 2.45) is 0 Å². The summed E-state index contributed by atoms with van der Waals surface area (Å²) in [6, 6.07) is 6.76. The third kappa shape index (κ3) is 2.46. The summed E-state index contributed by atoms with van der Waals surface area (Å²) in [5, 5.41) is 4.12. The molecular weight excluding hydrogens is 264 g/mol. The molecule has 1 saturated carbocycles. The van der Waals surface area contributed by atoms with Crippen LogP contribution in [0.15, 0.2) is 28.9 Å². The van der Waals surface area contributed by atoms with E-state index in [1.54, 1.807) is 6.20 Å². The van der Waals surface area contributed by atoms with Gasteiger partial charge in [-0.15, -0.1) is 0 Å². The average Bonchev–Trinajstić information content (AvgIpc) is 3.27. The maximum absolute atomic E-state index is 5.55. The molecule has 0 amide bonds. The number of hydrogen-bond acceptors (Lipinski definition) is 5. The van der Waals surface area contributed by atoms with E-state index in [-0.39, 0.29) is 0 Å². The van der Waals surface area contributed by atoms with Gasteiger partial charge in [0.2, 0.25) is 11.7 Å². The average molecular weight is 284 g/mol. The Balaban J connectivity index is 1.57. The van der Waals surface area contributed by atoms with Crippen molar-refractivity contribution in [2.45, 2.75) is 50.6 Å². The highest BCUT2D eigenvalue weighted by Crippen LogP contribution is 2.37. The number of hydrogen-bond donors (Lipinski definition) is 0. The van der Waals surface area contributed by atoms with E-state index < -0.39 is 0 Å². The van der Waals surface area contributed by atoms with Crippen LogP contribution in [0.2, 0.25) is 0 Å². The van der Waals surface area contributed by atoms with Crippen LogP contribution in [0.4, 0.5) is 0 Å². The van der Waals surface area contributed by atoms with Crippen LogP contribution in [-0.4, -0.2) is 32.6 Å². The first-order valence-electron chi connectivity index (χ1n) is 7.92. The van der Waals surface area contributed by atoms with E-state index >= 15 is 0 Å². The van der Waals surface area contributed by atoms with Gasteiger partial charge in [-0.05, 0) is 44.4 Å². The van der Waals surface area contributed by atoms with Gasteiger partial charge in [0.25, 0.3) is 0 Å². The minimum absolute atomic E-state index is 0.304. The Kier molecular flexibility index (Phi) is 3.43. The lowest BCUT2D eigenvalue weighted by atomic mass is 10.1. The summed E-state index contributed by atoms with van der Waals surface area (Å²) in [6.45, 7) is 1.16. The van der Waals surface area contributed by atoms with Gasteiger partial charge in [-0.1, -0.05) is 24.1 Å².